The summed E-state index contributed by atoms with van der Waals surface area (Å²) in [4.78, 5) is 25.7. The fraction of sp³-hybridized carbons (Fsp3) is 0.250. The molecule has 124 valence electrons. The number of hydrogen-bond acceptors (Lipinski definition) is 4. The topological polar surface area (TPSA) is 88.6 Å². The highest BCUT2D eigenvalue weighted by Crippen LogP contribution is 2.18. The Balaban J connectivity index is 0.00000264. The monoisotopic (exact) mass is 337 g/mol. The smallest absolute Gasteiger partial charge is 0.258 e. The molecule has 0 aliphatic rings. The molecule has 1 aromatic heterocycles. The van der Waals surface area contributed by atoms with Crippen molar-refractivity contribution in [2.75, 3.05) is 19.4 Å². The van der Waals surface area contributed by atoms with Crippen LogP contribution in [0.1, 0.15) is 32.0 Å². The molecule has 0 spiro atoms. The highest BCUT2D eigenvalue weighted by atomic mass is 35.5. The SMILES string of the molecule is Cc1ccc(NC(=O)c2coc(CN)c2)cc1C(=O)N(C)C.Cl. The molecule has 2 rings (SSSR count). The van der Waals surface area contributed by atoms with Crippen molar-refractivity contribution < 1.29 is 14.0 Å². The summed E-state index contributed by atoms with van der Waals surface area (Å²) in [6.07, 6.45) is 1.36. The van der Waals surface area contributed by atoms with Gasteiger partial charge in [-0.1, -0.05) is 6.07 Å². The first-order chi connectivity index (χ1) is 10.4. The highest BCUT2D eigenvalue weighted by Gasteiger charge is 2.14. The van der Waals surface area contributed by atoms with E-state index in [-0.39, 0.29) is 30.8 Å². The summed E-state index contributed by atoms with van der Waals surface area (Å²) in [5.74, 6) is 0.121. The molecule has 0 atom stereocenters. The van der Waals surface area contributed by atoms with Crippen LogP contribution in [0.15, 0.2) is 34.9 Å². The fourth-order valence-corrected chi connectivity index (χ4v) is 1.98. The number of benzene rings is 1. The first-order valence-corrected chi connectivity index (χ1v) is 6.83. The Kier molecular flexibility index (Phi) is 6.36. The maximum atomic E-state index is 12.1. The summed E-state index contributed by atoms with van der Waals surface area (Å²) < 4.78 is 5.14. The van der Waals surface area contributed by atoms with Crippen molar-refractivity contribution in [1.82, 2.24) is 4.90 Å². The molecule has 0 aliphatic heterocycles. The summed E-state index contributed by atoms with van der Waals surface area (Å²) >= 11 is 0. The van der Waals surface area contributed by atoms with E-state index in [0.717, 1.165) is 5.56 Å². The zero-order valence-corrected chi connectivity index (χ0v) is 14.1. The van der Waals surface area contributed by atoms with E-state index in [0.29, 0.717) is 22.6 Å². The average Bonchev–Trinajstić information content (AvgIpc) is 2.97. The molecule has 0 bridgehead atoms. The van der Waals surface area contributed by atoms with Crippen LogP contribution in [0.4, 0.5) is 5.69 Å². The van der Waals surface area contributed by atoms with Gasteiger partial charge in [-0.25, -0.2) is 0 Å². The molecule has 1 aromatic carbocycles. The predicted octanol–water partition coefficient (Wildman–Crippen LogP) is 2.42. The average molecular weight is 338 g/mol. The molecule has 0 fully saturated rings. The van der Waals surface area contributed by atoms with Gasteiger partial charge in [0.15, 0.2) is 0 Å². The Morgan fingerprint density at radius 1 is 1.26 bits per heavy atom. The number of hydrogen-bond donors (Lipinski definition) is 2. The van der Waals surface area contributed by atoms with Gasteiger partial charge < -0.3 is 20.4 Å². The lowest BCUT2D eigenvalue weighted by Gasteiger charge is -2.14. The van der Waals surface area contributed by atoms with Crippen LogP contribution in [0.25, 0.3) is 0 Å². The lowest BCUT2D eigenvalue weighted by molar-refractivity contribution is 0.0826. The normalized spacial score (nSPS) is 9.91. The number of halogens is 1. The molecule has 2 aromatic rings. The van der Waals surface area contributed by atoms with Gasteiger partial charge in [-0.05, 0) is 30.7 Å². The molecule has 0 radical (unpaired) electrons. The van der Waals surface area contributed by atoms with Crippen molar-refractivity contribution in [3.63, 3.8) is 0 Å². The van der Waals surface area contributed by atoms with Gasteiger partial charge in [0.05, 0.1) is 12.1 Å². The third-order valence-corrected chi connectivity index (χ3v) is 3.25. The second-order valence-corrected chi connectivity index (χ2v) is 5.19. The van der Waals surface area contributed by atoms with E-state index in [1.54, 1.807) is 38.4 Å². The zero-order valence-electron chi connectivity index (χ0n) is 13.3. The van der Waals surface area contributed by atoms with Gasteiger partial charge in [-0.15, -0.1) is 12.4 Å². The van der Waals surface area contributed by atoms with Gasteiger partial charge in [0.1, 0.15) is 12.0 Å². The van der Waals surface area contributed by atoms with Crippen molar-refractivity contribution in [2.24, 2.45) is 5.73 Å². The number of nitrogens with one attached hydrogen (secondary N) is 1. The number of furan rings is 1. The van der Waals surface area contributed by atoms with Crippen LogP contribution in [-0.4, -0.2) is 30.8 Å². The Hall–Kier alpha value is -2.31. The number of carbonyl (C=O) groups is 2. The molecule has 6 nitrogen and oxygen atoms in total. The van der Waals surface area contributed by atoms with Crippen LogP contribution in [-0.2, 0) is 6.54 Å². The molecular formula is C16H20ClN3O3. The number of nitrogens with two attached hydrogens (primary N) is 1. The third-order valence-electron chi connectivity index (χ3n) is 3.25. The number of aryl methyl sites for hydroxylation is 1. The van der Waals surface area contributed by atoms with Crippen LogP contribution in [0, 0.1) is 6.92 Å². The minimum Gasteiger partial charge on any atom is -0.467 e. The minimum atomic E-state index is -0.310. The molecule has 1 heterocycles. The van der Waals surface area contributed by atoms with E-state index < -0.39 is 0 Å². The summed E-state index contributed by atoms with van der Waals surface area (Å²) in [5, 5.41) is 2.75. The van der Waals surface area contributed by atoms with Gasteiger partial charge in [0.25, 0.3) is 11.8 Å². The van der Waals surface area contributed by atoms with Gasteiger partial charge in [0, 0.05) is 25.3 Å². The molecule has 0 saturated heterocycles. The summed E-state index contributed by atoms with van der Waals surface area (Å²) in [5.41, 5.74) is 7.79. The van der Waals surface area contributed by atoms with E-state index in [1.165, 1.54) is 11.2 Å². The van der Waals surface area contributed by atoms with Gasteiger partial charge in [0.2, 0.25) is 0 Å². The van der Waals surface area contributed by atoms with Gasteiger partial charge in [-0.2, -0.15) is 0 Å². The molecule has 0 aliphatic carbocycles. The molecule has 0 unspecified atom stereocenters. The molecule has 3 N–H and O–H groups in total. The molecule has 0 saturated carbocycles. The van der Waals surface area contributed by atoms with Crippen molar-refractivity contribution in [3.8, 4) is 0 Å². The third kappa shape index (κ3) is 4.34. The lowest BCUT2D eigenvalue weighted by atomic mass is 10.1. The summed E-state index contributed by atoms with van der Waals surface area (Å²) in [6.45, 7) is 2.09. The number of nitrogens with zero attached hydrogens (tertiary/aromatic N) is 1. The van der Waals surface area contributed by atoms with Gasteiger partial charge in [-0.3, -0.25) is 9.59 Å². The number of rotatable bonds is 4. The van der Waals surface area contributed by atoms with E-state index in [4.69, 9.17) is 10.2 Å². The van der Waals surface area contributed by atoms with E-state index in [2.05, 4.69) is 5.32 Å². The first-order valence-electron chi connectivity index (χ1n) is 6.83. The van der Waals surface area contributed by atoms with Crippen LogP contribution in [0.5, 0.6) is 0 Å². The minimum absolute atomic E-state index is 0. The zero-order chi connectivity index (χ0) is 16.3. The first kappa shape index (κ1) is 18.7. The molecule has 2 amide bonds. The van der Waals surface area contributed by atoms with E-state index in [1.807, 2.05) is 6.92 Å². The standard InChI is InChI=1S/C16H19N3O3.ClH/c1-10-4-5-12(7-14(10)16(21)19(2)3)18-15(20)11-6-13(8-17)22-9-11;/h4-7,9H,8,17H2,1-3H3,(H,18,20);1H. The largest absolute Gasteiger partial charge is 0.467 e. The molecular weight excluding hydrogens is 318 g/mol. The summed E-state index contributed by atoms with van der Waals surface area (Å²) in [7, 11) is 3.37. The van der Waals surface area contributed by atoms with Crippen molar-refractivity contribution in [1.29, 1.82) is 0 Å². The van der Waals surface area contributed by atoms with E-state index >= 15 is 0 Å². The van der Waals surface area contributed by atoms with Crippen molar-refractivity contribution >= 4 is 29.9 Å². The maximum Gasteiger partial charge on any atom is 0.258 e. The van der Waals surface area contributed by atoms with E-state index in [9.17, 15) is 9.59 Å². The van der Waals surface area contributed by atoms with Crippen LogP contribution >= 0.6 is 12.4 Å². The van der Waals surface area contributed by atoms with Crippen LogP contribution < -0.4 is 11.1 Å². The maximum absolute atomic E-state index is 12.1. The second kappa shape index (κ2) is 7.80. The Morgan fingerprint density at radius 2 is 1.96 bits per heavy atom. The molecule has 7 heteroatoms. The Bertz CT molecular complexity index is 710. The van der Waals surface area contributed by atoms with Gasteiger partial charge >= 0.3 is 0 Å². The Labute approximate surface area is 141 Å². The number of carbonyl (C=O) groups excluding carboxylic acids is 2. The van der Waals surface area contributed by atoms with Crippen LogP contribution in [0.2, 0.25) is 0 Å². The molecule has 23 heavy (non-hydrogen) atoms. The number of amides is 2. The van der Waals surface area contributed by atoms with Crippen LogP contribution in [0.3, 0.4) is 0 Å². The van der Waals surface area contributed by atoms with Crippen molar-refractivity contribution in [3.05, 3.63) is 53.0 Å². The summed E-state index contributed by atoms with van der Waals surface area (Å²) in [6, 6.07) is 6.81. The van der Waals surface area contributed by atoms with Crippen molar-refractivity contribution in [2.45, 2.75) is 13.5 Å². The number of anilines is 1. The lowest BCUT2D eigenvalue weighted by Crippen LogP contribution is -2.23. The quantitative estimate of drug-likeness (QED) is 0.896. The predicted molar refractivity (Wildman–Crippen MR) is 91.0 cm³/mol. The Morgan fingerprint density at radius 3 is 2.52 bits per heavy atom. The fourth-order valence-electron chi connectivity index (χ4n) is 1.98. The highest BCUT2D eigenvalue weighted by molar-refractivity contribution is 6.05. The second-order valence-electron chi connectivity index (χ2n) is 5.19.